The van der Waals surface area contributed by atoms with Crippen molar-refractivity contribution < 1.29 is 19.5 Å². The maximum absolute atomic E-state index is 12.6. The zero-order valence-corrected chi connectivity index (χ0v) is 15.0. The summed E-state index contributed by atoms with van der Waals surface area (Å²) in [5.74, 6) is -2.09. The second kappa shape index (κ2) is 7.98. The third-order valence-electron chi connectivity index (χ3n) is 4.57. The Morgan fingerprint density at radius 3 is 2.85 bits per heavy atom. The second-order valence-corrected chi connectivity index (χ2v) is 6.53. The zero-order valence-electron chi connectivity index (χ0n) is 15.0. The summed E-state index contributed by atoms with van der Waals surface area (Å²) in [5.41, 5.74) is 0.902. The van der Waals surface area contributed by atoms with Gasteiger partial charge in [0.1, 0.15) is 5.69 Å². The summed E-state index contributed by atoms with van der Waals surface area (Å²) in [5, 5.41) is 13.3. The molecular formula is C18H21N5O4. The van der Waals surface area contributed by atoms with Crippen molar-refractivity contribution in [1.29, 1.82) is 0 Å². The molecule has 1 aliphatic rings. The molecule has 1 saturated heterocycles. The van der Waals surface area contributed by atoms with Gasteiger partial charge in [0.15, 0.2) is 0 Å². The van der Waals surface area contributed by atoms with E-state index in [2.05, 4.69) is 10.1 Å². The molecule has 0 aliphatic carbocycles. The van der Waals surface area contributed by atoms with Crippen molar-refractivity contribution in [2.75, 3.05) is 26.7 Å². The Kier molecular flexibility index (Phi) is 5.49. The van der Waals surface area contributed by atoms with Crippen LogP contribution in [0.2, 0.25) is 0 Å². The number of carboxylic acids is 1. The second-order valence-electron chi connectivity index (χ2n) is 6.53. The first-order chi connectivity index (χ1) is 13.0. The van der Waals surface area contributed by atoms with Gasteiger partial charge >= 0.3 is 5.97 Å². The fourth-order valence-corrected chi connectivity index (χ4v) is 3.08. The monoisotopic (exact) mass is 371 g/mol. The summed E-state index contributed by atoms with van der Waals surface area (Å²) >= 11 is 0. The van der Waals surface area contributed by atoms with E-state index in [1.165, 1.54) is 23.0 Å². The fraction of sp³-hybridized carbons (Fsp3) is 0.389. The molecule has 142 valence electrons. The summed E-state index contributed by atoms with van der Waals surface area (Å²) in [6, 6.07) is 5.11. The van der Waals surface area contributed by atoms with Crippen LogP contribution in [0.1, 0.15) is 23.3 Å². The molecule has 9 nitrogen and oxygen atoms in total. The standard InChI is InChI=1S/C18H21N5O4/c1-21(12-16(24)22-8-2-4-13(11-22)18(26)27)17(25)15-10-14(5-7-19-15)23-9-3-6-20-23/h3,5-7,9-10,13H,2,4,8,11-12H2,1H3,(H,26,27). The average Bonchev–Trinajstić information content (AvgIpc) is 3.22. The van der Waals surface area contributed by atoms with Crippen molar-refractivity contribution in [2.24, 2.45) is 5.92 Å². The molecule has 2 aromatic rings. The Labute approximate surface area is 156 Å². The first kappa shape index (κ1) is 18.6. The van der Waals surface area contributed by atoms with E-state index < -0.39 is 11.9 Å². The van der Waals surface area contributed by atoms with Crippen molar-refractivity contribution in [3.8, 4) is 5.69 Å². The molecule has 0 aromatic carbocycles. The van der Waals surface area contributed by atoms with Crippen LogP contribution in [0, 0.1) is 5.92 Å². The Morgan fingerprint density at radius 2 is 2.15 bits per heavy atom. The SMILES string of the molecule is CN(CC(=O)N1CCCC(C(=O)O)C1)C(=O)c1cc(-n2cccn2)ccn1. The van der Waals surface area contributed by atoms with E-state index in [1.807, 2.05) is 0 Å². The van der Waals surface area contributed by atoms with Gasteiger partial charge in [0.25, 0.3) is 5.91 Å². The average molecular weight is 371 g/mol. The van der Waals surface area contributed by atoms with Crippen molar-refractivity contribution >= 4 is 17.8 Å². The van der Waals surface area contributed by atoms with Crippen molar-refractivity contribution in [3.05, 3.63) is 42.5 Å². The van der Waals surface area contributed by atoms with Crippen LogP contribution in [0.3, 0.4) is 0 Å². The highest BCUT2D eigenvalue weighted by atomic mass is 16.4. The molecule has 9 heteroatoms. The predicted octanol–water partition coefficient (Wildman–Crippen LogP) is 0.662. The van der Waals surface area contributed by atoms with Gasteiger partial charge in [-0.3, -0.25) is 19.4 Å². The van der Waals surface area contributed by atoms with Crippen LogP contribution in [-0.2, 0) is 9.59 Å². The molecule has 1 N–H and O–H groups in total. The number of aromatic nitrogens is 3. The minimum Gasteiger partial charge on any atom is -0.481 e. The van der Waals surface area contributed by atoms with Crippen LogP contribution in [0.25, 0.3) is 5.69 Å². The lowest BCUT2D eigenvalue weighted by Crippen LogP contribution is -2.47. The molecular weight excluding hydrogens is 350 g/mol. The zero-order chi connectivity index (χ0) is 19.4. The largest absolute Gasteiger partial charge is 0.481 e. The van der Waals surface area contributed by atoms with Gasteiger partial charge in [0, 0.05) is 38.7 Å². The van der Waals surface area contributed by atoms with Crippen LogP contribution in [-0.4, -0.2) is 74.1 Å². The number of amides is 2. The van der Waals surface area contributed by atoms with Gasteiger partial charge < -0.3 is 14.9 Å². The molecule has 1 aliphatic heterocycles. The van der Waals surface area contributed by atoms with E-state index >= 15 is 0 Å². The molecule has 0 radical (unpaired) electrons. The smallest absolute Gasteiger partial charge is 0.308 e. The highest BCUT2D eigenvalue weighted by Crippen LogP contribution is 2.17. The number of pyridine rings is 1. The number of nitrogens with zero attached hydrogens (tertiary/aromatic N) is 5. The summed E-state index contributed by atoms with van der Waals surface area (Å²) < 4.78 is 1.61. The number of rotatable bonds is 5. The highest BCUT2D eigenvalue weighted by Gasteiger charge is 2.29. The molecule has 0 saturated carbocycles. The van der Waals surface area contributed by atoms with Crippen LogP contribution in [0.4, 0.5) is 0 Å². The van der Waals surface area contributed by atoms with Crippen molar-refractivity contribution in [3.63, 3.8) is 0 Å². The van der Waals surface area contributed by atoms with Crippen molar-refractivity contribution in [2.45, 2.75) is 12.8 Å². The Morgan fingerprint density at radius 1 is 1.33 bits per heavy atom. The molecule has 2 amide bonds. The van der Waals surface area contributed by atoms with Gasteiger partial charge in [-0.25, -0.2) is 4.68 Å². The molecule has 1 fully saturated rings. The van der Waals surface area contributed by atoms with Gasteiger partial charge in [0.2, 0.25) is 5.91 Å². The molecule has 2 aromatic heterocycles. The highest BCUT2D eigenvalue weighted by molar-refractivity contribution is 5.95. The molecule has 3 heterocycles. The molecule has 0 spiro atoms. The Balaban J connectivity index is 1.64. The van der Waals surface area contributed by atoms with Crippen LogP contribution in [0.5, 0.6) is 0 Å². The van der Waals surface area contributed by atoms with Gasteiger partial charge in [-0.2, -0.15) is 5.10 Å². The van der Waals surface area contributed by atoms with Crippen LogP contribution >= 0.6 is 0 Å². The number of hydrogen-bond donors (Lipinski definition) is 1. The maximum Gasteiger partial charge on any atom is 0.308 e. The van der Waals surface area contributed by atoms with Gasteiger partial charge in [-0.15, -0.1) is 0 Å². The van der Waals surface area contributed by atoms with Gasteiger partial charge in [-0.05, 0) is 31.0 Å². The first-order valence-corrected chi connectivity index (χ1v) is 8.68. The number of carbonyl (C=O) groups excluding carboxylic acids is 2. The quantitative estimate of drug-likeness (QED) is 0.827. The lowest BCUT2D eigenvalue weighted by atomic mass is 9.98. The summed E-state index contributed by atoms with van der Waals surface area (Å²) in [4.78, 5) is 43.1. The number of piperidine rings is 1. The third kappa shape index (κ3) is 4.30. The molecule has 0 bridgehead atoms. The number of likely N-dealkylation sites (tertiary alicyclic amines) is 1. The number of likely N-dealkylation sites (N-methyl/N-ethyl adjacent to an activating group) is 1. The van der Waals surface area contributed by atoms with E-state index in [0.717, 1.165) is 0 Å². The number of carbonyl (C=O) groups is 3. The number of carboxylic acid groups (broad SMARTS) is 1. The maximum atomic E-state index is 12.6. The predicted molar refractivity (Wildman–Crippen MR) is 95.3 cm³/mol. The topological polar surface area (TPSA) is 109 Å². The third-order valence-corrected chi connectivity index (χ3v) is 4.57. The minimum atomic E-state index is -0.892. The molecule has 3 rings (SSSR count). The van der Waals surface area contributed by atoms with E-state index in [4.69, 9.17) is 5.11 Å². The molecule has 1 atom stereocenters. The minimum absolute atomic E-state index is 0.126. The number of aliphatic carboxylic acids is 1. The lowest BCUT2D eigenvalue weighted by molar-refractivity contribution is -0.145. The van der Waals surface area contributed by atoms with Crippen LogP contribution < -0.4 is 0 Å². The summed E-state index contributed by atoms with van der Waals surface area (Å²) in [6.45, 7) is 0.569. The summed E-state index contributed by atoms with van der Waals surface area (Å²) in [6.07, 6.45) is 6.12. The van der Waals surface area contributed by atoms with E-state index in [-0.39, 0.29) is 30.6 Å². The number of hydrogen-bond acceptors (Lipinski definition) is 5. The van der Waals surface area contributed by atoms with Crippen molar-refractivity contribution in [1.82, 2.24) is 24.6 Å². The normalized spacial score (nSPS) is 16.8. The van der Waals surface area contributed by atoms with E-state index in [0.29, 0.717) is 25.1 Å². The summed E-state index contributed by atoms with van der Waals surface area (Å²) in [7, 11) is 1.53. The Bertz CT molecular complexity index is 836. The van der Waals surface area contributed by atoms with Gasteiger partial charge in [0.05, 0.1) is 18.2 Å². The van der Waals surface area contributed by atoms with E-state index in [1.54, 1.807) is 35.3 Å². The molecule has 27 heavy (non-hydrogen) atoms. The van der Waals surface area contributed by atoms with Gasteiger partial charge in [-0.1, -0.05) is 0 Å². The van der Waals surface area contributed by atoms with Crippen LogP contribution in [0.15, 0.2) is 36.8 Å². The first-order valence-electron chi connectivity index (χ1n) is 8.68. The Hall–Kier alpha value is -3.23. The lowest BCUT2D eigenvalue weighted by Gasteiger charge is -2.32. The molecule has 1 unspecified atom stereocenters. The fourth-order valence-electron chi connectivity index (χ4n) is 3.08. The van der Waals surface area contributed by atoms with E-state index in [9.17, 15) is 14.4 Å².